The standard InChI is InChI=1S/C25H27N5O9S2/c1-4-25(33)19-17(13-38-24(25)32)23(31)29-12-16-15(11-27-30(40(2,34)35)9-10-39-41(3,36)37)14-7-5-6-8-18(14)28-21(16)22(29)20(19)26/h5-8,11,33H,4,9-10,12-13,26H2,1-3H3/t25-/m0/s1. The Balaban J connectivity index is 1.70. The number of aliphatic hydroxyl groups is 1. The third-order valence-corrected chi connectivity index (χ3v) is 8.70. The molecule has 0 radical (unpaired) electrons. The van der Waals surface area contributed by atoms with Crippen LogP contribution in [0.15, 0.2) is 34.2 Å². The van der Waals surface area contributed by atoms with Crippen molar-refractivity contribution < 1.29 is 35.7 Å². The predicted octanol–water partition coefficient (Wildman–Crippen LogP) is 0.234. The second-order valence-corrected chi connectivity index (χ2v) is 13.3. The van der Waals surface area contributed by atoms with Gasteiger partial charge in [0.1, 0.15) is 6.61 Å². The summed E-state index contributed by atoms with van der Waals surface area (Å²) in [7, 11) is -7.73. The maximum atomic E-state index is 13.6. The average Bonchev–Trinajstić information content (AvgIpc) is 3.28. The van der Waals surface area contributed by atoms with E-state index in [1.807, 2.05) is 0 Å². The summed E-state index contributed by atoms with van der Waals surface area (Å²) in [5.41, 5.74) is 5.99. The van der Waals surface area contributed by atoms with Crippen LogP contribution in [0.2, 0.25) is 0 Å². The molecule has 2 aromatic heterocycles. The minimum absolute atomic E-state index is 0.000321. The van der Waals surface area contributed by atoms with Crippen LogP contribution in [0.1, 0.15) is 35.6 Å². The fourth-order valence-corrected chi connectivity index (χ4v) is 6.13. The van der Waals surface area contributed by atoms with Gasteiger partial charge in [-0.1, -0.05) is 25.1 Å². The number of anilines is 1. The van der Waals surface area contributed by atoms with E-state index in [0.717, 1.165) is 12.5 Å². The van der Waals surface area contributed by atoms with Crippen molar-refractivity contribution in [2.45, 2.75) is 32.1 Å². The summed E-state index contributed by atoms with van der Waals surface area (Å²) in [6.45, 7) is 0.385. The molecule has 0 saturated heterocycles. The van der Waals surface area contributed by atoms with Gasteiger partial charge in [0, 0.05) is 22.1 Å². The lowest BCUT2D eigenvalue weighted by atomic mass is 9.84. The zero-order valence-electron chi connectivity index (χ0n) is 22.3. The van der Waals surface area contributed by atoms with Crippen molar-refractivity contribution in [2.24, 2.45) is 5.10 Å². The summed E-state index contributed by atoms with van der Waals surface area (Å²) in [4.78, 5) is 30.9. The van der Waals surface area contributed by atoms with Gasteiger partial charge in [-0.05, 0) is 12.5 Å². The number of hydrogen-bond acceptors (Lipinski definition) is 12. The highest BCUT2D eigenvalue weighted by atomic mass is 32.2. The number of nitrogen functional groups attached to an aromatic ring is 1. The fourth-order valence-electron chi connectivity index (χ4n) is 5.13. The monoisotopic (exact) mass is 605 g/mol. The molecule has 2 aliphatic heterocycles. The average molecular weight is 606 g/mol. The number of carbonyl (C=O) groups excluding carboxylic acids is 1. The molecule has 3 aromatic rings. The quantitative estimate of drug-likeness (QED) is 0.121. The number of hydrogen-bond donors (Lipinski definition) is 2. The maximum absolute atomic E-state index is 13.6. The number of para-hydroxylation sites is 1. The highest BCUT2D eigenvalue weighted by molar-refractivity contribution is 7.88. The van der Waals surface area contributed by atoms with Crippen LogP contribution in [0.4, 0.5) is 5.69 Å². The summed E-state index contributed by atoms with van der Waals surface area (Å²) in [6.07, 6.45) is 2.98. The molecule has 14 nitrogen and oxygen atoms in total. The number of aromatic nitrogens is 2. The number of benzene rings is 1. The van der Waals surface area contributed by atoms with Gasteiger partial charge in [0.2, 0.25) is 10.0 Å². The summed E-state index contributed by atoms with van der Waals surface area (Å²) in [5, 5.41) is 15.9. The van der Waals surface area contributed by atoms with E-state index in [9.17, 15) is 31.5 Å². The molecule has 0 bridgehead atoms. The van der Waals surface area contributed by atoms with Gasteiger partial charge in [-0.3, -0.25) is 8.98 Å². The lowest BCUT2D eigenvalue weighted by Crippen LogP contribution is -2.45. The highest BCUT2D eigenvalue weighted by Crippen LogP contribution is 2.44. The molecule has 218 valence electrons. The lowest BCUT2D eigenvalue weighted by Gasteiger charge is -2.33. The van der Waals surface area contributed by atoms with Crippen LogP contribution in [0, 0.1) is 0 Å². The highest BCUT2D eigenvalue weighted by Gasteiger charge is 2.47. The SMILES string of the molecule is CC[C@@]1(O)C(=O)OCc2c1c(N)c1n(c2=O)Cc2c-1nc1ccccc1c2C=NN(CCOS(C)(=O)=O)S(C)(=O)=O. The van der Waals surface area contributed by atoms with Crippen LogP contribution < -0.4 is 11.3 Å². The topological polar surface area (TPSA) is 201 Å². The first-order valence-electron chi connectivity index (χ1n) is 12.4. The van der Waals surface area contributed by atoms with Gasteiger partial charge in [-0.15, -0.1) is 0 Å². The van der Waals surface area contributed by atoms with E-state index < -0.39 is 43.9 Å². The van der Waals surface area contributed by atoms with Crippen molar-refractivity contribution in [3.05, 3.63) is 56.9 Å². The number of sulfonamides is 1. The molecule has 4 heterocycles. The Labute approximate surface area is 235 Å². The van der Waals surface area contributed by atoms with Crippen molar-refractivity contribution in [2.75, 3.05) is 31.4 Å². The molecule has 0 amide bonds. The Kier molecular flexibility index (Phi) is 6.92. The zero-order valence-corrected chi connectivity index (χ0v) is 24.0. The van der Waals surface area contributed by atoms with Crippen molar-refractivity contribution in [3.63, 3.8) is 0 Å². The minimum atomic E-state index is -3.92. The van der Waals surface area contributed by atoms with Crippen molar-refractivity contribution >= 4 is 48.9 Å². The summed E-state index contributed by atoms with van der Waals surface area (Å²) in [6, 6.07) is 6.98. The summed E-state index contributed by atoms with van der Waals surface area (Å²) in [5.74, 6) is -0.901. The van der Waals surface area contributed by atoms with Gasteiger partial charge in [-0.2, -0.15) is 17.9 Å². The van der Waals surface area contributed by atoms with Crippen molar-refractivity contribution in [3.8, 4) is 11.4 Å². The number of nitrogens with two attached hydrogens (primary N) is 1. The number of ether oxygens (including phenoxy) is 1. The summed E-state index contributed by atoms with van der Waals surface area (Å²) < 4.78 is 59.4. The number of carbonyl (C=O) groups is 1. The van der Waals surface area contributed by atoms with E-state index in [1.54, 1.807) is 31.2 Å². The third kappa shape index (κ3) is 4.86. The van der Waals surface area contributed by atoms with Gasteiger partial charge in [0.05, 0.1) is 66.6 Å². The molecule has 2 aliphatic rings. The molecule has 0 fully saturated rings. The molecule has 41 heavy (non-hydrogen) atoms. The maximum Gasteiger partial charge on any atom is 0.343 e. The van der Waals surface area contributed by atoms with Gasteiger partial charge in [0.25, 0.3) is 15.7 Å². The Hall–Kier alpha value is -3.86. The molecule has 5 rings (SSSR count). The van der Waals surface area contributed by atoms with Crippen LogP contribution in [0.25, 0.3) is 22.3 Å². The summed E-state index contributed by atoms with van der Waals surface area (Å²) >= 11 is 0. The lowest BCUT2D eigenvalue weighted by molar-refractivity contribution is -0.172. The van der Waals surface area contributed by atoms with Gasteiger partial charge in [0.15, 0.2) is 5.60 Å². The molecule has 1 atom stereocenters. The number of pyridine rings is 2. The molecule has 3 N–H and O–H groups in total. The number of fused-ring (bicyclic) bond motifs is 5. The van der Waals surface area contributed by atoms with Crippen molar-refractivity contribution in [1.82, 2.24) is 14.0 Å². The van der Waals surface area contributed by atoms with E-state index in [2.05, 4.69) is 9.28 Å². The minimum Gasteiger partial charge on any atom is -0.458 e. The molecule has 1 aromatic carbocycles. The van der Waals surface area contributed by atoms with E-state index in [1.165, 1.54) is 10.8 Å². The predicted molar refractivity (Wildman–Crippen MR) is 149 cm³/mol. The molecule has 0 saturated carbocycles. The second kappa shape index (κ2) is 9.90. The number of rotatable bonds is 8. The Morgan fingerprint density at radius 1 is 1.22 bits per heavy atom. The number of esters is 1. The Morgan fingerprint density at radius 3 is 2.59 bits per heavy atom. The van der Waals surface area contributed by atoms with E-state index >= 15 is 0 Å². The van der Waals surface area contributed by atoms with Gasteiger partial charge < -0.3 is 20.1 Å². The third-order valence-electron chi connectivity index (χ3n) is 7.07. The first-order chi connectivity index (χ1) is 19.2. The smallest absolute Gasteiger partial charge is 0.343 e. The zero-order chi connectivity index (χ0) is 29.9. The van der Waals surface area contributed by atoms with Gasteiger partial charge >= 0.3 is 5.97 Å². The number of cyclic esters (lactones) is 1. The first-order valence-corrected chi connectivity index (χ1v) is 16.1. The van der Waals surface area contributed by atoms with E-state index in [-0.39, 0.29) is 48.6 Å². The van der Waals surface area contributed by atoms with Crippen LogP contribution in [0.5, 0.6) is 0 Å². The second-order valence-electron chi connectivity index (χ2n) is 9.75. The van der Waals surface area contributed by atoms with Crippen LogP contribution >= 0.6 is 0 Å². The van der Waals surface area contributed by atoms with E-state index in [4.69, 9.17) is 15.5 Å². The first kappa shape index (κ1) is 28.7. The Morgan fingerprint density at radius 2 is 1.93 bits per heavy atom. The molecular formula is C25H27N5O9S2. The van der Waals surface area contributed by atoms with Crippen LogP contribution in [-0.2, 0) is 52.6 Å². The van der Waals surface area contributed by atoms with Gasteiger partial charge in [-0.25, -0.2) is 18.2 Å². The fraction of sp³-hybridized carbons (Fsp3) is 0.360. The molecular weight excluding hydrogens is 578 g/mol. The normalized spacial score (nSPS) is 18.3. The molecule has 0 unspecified atom stereocenters. The number of hydrazone groups is 1. The van der Waals surface area contributed by atoms with Crippen LogP contribution in [-0.4, -0.2) is 73.8 Å². The largest absolute Gasteiger partial charge is 0.458 e. The molecule has 16 heteroatoms. The van der Waals surface area contributed by atoms with Crippen molar-refractivity contribution in [1.29, 1.82) is 0 Å². The molecule has 0 spiro atoms. The van der Waals surface area contributed by atoms with E-state index in [0.29, 0.717) is 32.1 Å². The Bertz CT molecular complexity index is 1920. The molecule has 0 aliphatic carbocycles. The van der Waals surface area contributed by atoms with Crippen LogP contribution in [0.3, 0.4) is 0 Å². The number of nitrogens with zero attached hydrogens (tertiary/aromatic N) is 4.